The van der Waals surface area contributed by atoms with E-state index in [0.717, 1.165) is 20.5 Å². The molecule has 0 bridgehead atoms. The Bertz CT molecular complexity index is 768. The summed E-state index contributed by atoms with van der Waals surface area (Å²) in [6.45, 7) is 1.09. The van der Waals surface area contributed by atoms with Crippen molar-refractivity contribution in [3.05, 3.63) is 41.3 Å². The Hall–Kier alpha value is -2.06. The monoisotopic (exact) mass is 326 g/mol. The van der Waals surface area contributed by atoms with Crippen LogP contribution in [0, 0.1) is 6.92 Å². The Morgan fingerprint density at radius 3 is 2.48 bits per heavy atom. The summed E-state index contributed by atoms with van der Waals surface area (Å²) in [4.78, 5) is 11.9. The van der Waals surface area contributed by atoms with Crippen molar-refractivity contribution < 1.29 is 18.3 Å². The molecule has 2 rings (SSSR count). The lowest BCUT2D eigenvalue weighted by atomic mass is 10.3. The second-order valence-electron chi connectivity index (χ2n) is 4.33. The van der Waals surface area contributed by atoms with Crippen molar-refractivity contribution in [1.82, 2.24) is 0 Å². The van der Waals surface area contributed by atoms with Gasteiger partial charge >= 0.3 is 5.97 Å². The van der Waals surface area contributed by atoms with Gasteiger partial charge in [0.2, 0.25) is 0 Å². The highest BCUT2D eigenvalue weighted by atomic mass is 32.2. The second kappa shape index (κ2) is 5.74. The molecule has 0 unspecified atom stereocenters. The zero-order chi connectivity index (χ0) is 15.6. The molecule has 1 aromatic carbocycles. The number of rotatable bonds is 5. The molecule has 0 spiro atoms. The van der Waals surface area contributed by atoms with E-state index in [1.807, 2.05) is 0 Å². The molecule has 0 atom stereocenters. The number of aliphatic carboxylic acids is 1. The Kier molecular flexibility index (Phi) is 4.19. The summed E-state index contributed by atoms with van der Waals surface area (Å²) in [7, 11) is -3.96. The number of hydrogen-bond acceptors (Lipinski definition) is 5. The van der Waals surface area contributed by atoms with E-state index >= 15 is 0 Å². The quantitative estimate of drug-likeness (QED) is 0.818. The summed E-state index contributed by atoms with van der Waals surface area (Å²) >= 11 is 1.09. The number of benzene rings is 1. The zero-order valence-electron chi connectivity index (χ0n) is 11.2. The van der Waals surface area contributed by atoms with Crippen LogP contribution < -0.4 is 10.0 Å². The van der Waals surface area contributed by atoms with Gasteiger partial charge in [0, 0.05) is 4.88 Å². The smallest absolute Gasteiger partial charge is 0.324 e. The van der Waals surface area contributed by atoms with Crippen molar-refractivity contribution in [2.45, 2.75) is 11.1 Å². The van der Waals surface area contributed by atoms with Crippen LogP contribution in [0.1, 0.15) is 4.88 Å². The Morgan fingerprint density at radius 1 is 1.29 bits per heavy atom. The second-order valence-corrected chi connectivity index (χ2v) is 7.71. The van der Waals surface area contributed by atoms with Crippen LogP contribution in [0.5, 0.6) is 0 Å². The summed E-state index contributed by atoms with van der Waals surface area (Å²) < 4.78 is 26.2. The molecule has 1 aromatic heterocycles. The first kappa shape index (κ1) is 15.3. The van der Waals surface area contributed by atoms with Gasteiger partial charge in [0.25, 0.3) is 10.0 Å². The molecule has 6 nitrogen and oxygen atoms in total. The number of nitrogens with zero attached hydrogens (tertiary/aromatic N) is 1. The van der Waals surface area contributed by atoms with E-state index in [4.69, 9.17) is 10.8 Å². The fraction of sp³-hybridized carbons (Fsp3) is 0.154. The molecular formula is C13H14N2O4S2. The number of anilines is 2. The molecule has 0 amide bonds. The van der Waals surface area contributed by atoms with Crippen molar-refractivity contribution >= 4 is 38.7 Å². The number of nitrogen functional groups attached to an aromatic ring is 1. The van der Waals surface area contributed by atoms with Crippen LogP contribution in [0.4, 0.5) is 11.4 Å². The third-order valence-corrected chi connectivity index (χ3v) is 5.97. The molecule has 0 aliphatic heterocycles. The Labute approximate surface area is 126 Å². The summed E-state index contributed by atoms with van der Waals surface area (Å²) in [6, 6.07) is 9.40. The van der Waals surface area contributed by atoms with Gasteiger partial charge in [0.15, 0.2) is 0 Å². The summed E-state index contributed by atoms with van der Waals surface area (Å²) in [5.74, 6) is -1.25. The van der Waals surface area contributed by atoms with Crippen molar-refractivity contribution in [1.29, 1.82) is 0 Å². The molecule has 0 fully saturated rings. The number of sulfonamides is 1. The van der Waals surface area contributed by atoms with Crippen LogP contribution in [-0.2, 0) is 14.8 Å². The molecule has 0 radical (unpaired) electrons. The van der Waals surface area contributed by atoms with Gasteiger partial charge in [0.1, 0.15) is 10.8 Å². The van der Waals surface area contributed by atoms with E-state index in [2.05, 4.69) is 0 Å². The van der Waals surface area contributed by atoms with Gasteiger partial charge < -0.3 is 10.8 Å². The standard InChI is InChI=1S/C13H14N2O4S2/c1-9-6-7-13(20-9)21(18,19)15(8-12(16)17)11-5-3-2-4-10(11)14/h2-7H,8,14H2,1H3,(H,16,17). The van der Waals surface area contributed by atoms with Gasteiger partial charge in [-0.05, 0) is 31.2 Å². The Balaban J connectivity index is 2.56. The first-order valence-electron chi connectivity index (χ1n) is 5.98. The molecule has 0 saturated heterocycles. The molecule has 0 aliphatic rings. The Morgan fingerprint density at radius 2 is 1.95 bits per heavy atom. The minimum absolute atomic E-state index is 0.0875. The van der Waals surface area contributed by atoms with Crippen LogP contribution >= 0.6 is 11.3 Å². The van der Waals surface area contributed by atoms with Crippen molar-refractivity contribution in [3.8, 4) is 0 Å². The summed E-state index contributed by atoms with van der Waals surface area (Å²) in [5.41, 5.74) is 6.14. The number of carboxylic acid groups (broad SMARTS) is 1. The lowest BCUT2D eigenvalue weighted by Crippen LogP contribution is -2.35. The third kappa shape index (κ3) is 3.17. The van der Waals surface area contributed by atoms with Crippen molar-refractivity contribution in [2.75, 3.05) is 16.6 Å². The van der Waals surface area contributed by atoms with Gasteiger partial charge in [-0.2, -0.15) is 0 Å². The van der Waals surface area contributed by atoms with Gasteiger partial charge in [-0.3, -0.25) is 9.10 Å². The molecule has 21 heavy (non-hydrogen) atoms. The molecule has 3 N–H and O–H groups in total. The topological polar surface area (TPSA) is 101 Å². The third-order valence-electron chi connectivity index (χ3n) is 2.74. The molecule has 0 saturated carbocycles. The highest BCUT2D eigenvalue weighted by Crippen LogP contribution is 2.31. The average Bonchev–Trinajstić information content (AvgIpc) is 2.84. The number of nitrogens with two attached hydrogens (primary N) is 1. The largest absolute Gasteiger partial charge is 0.480 e. The molecule has 0 aliphatic carbocycles. The van der Waals surface area contributed by atoms with Crippen molar-refractivity contribution in [3.63, 3.8) is 0 Å². The minimum atomic E-state index is -3.96. The highest BCUT2D eigenvalue weighted by Gasteiger charge is 2.29. The normalized spacial score (nSPS) is 11.3. The number of aryl methyl sites for hydroxylation is 1. The lowest BCUT2D eigenvalue weighted by Gasteiger charge is -2.23. The predicted octanol–water partition coefficient (Wildman–Crippen LogP) is 1.92. The average molecular weight is 326 g/mol. The molecule has 2 aromatic rings. The number of thiophene rings is 1. The number of carbonyl (C=O) groups is 1. The molecule has 1 heterocycles. The summed E-state index contributed by atoms with van der Waals surface area (Å²) in [6.07, 6.45) is 0. The van der Waals surface area contributed by atoms with Crippen LogP contribution in [0.3, 0.4) is 0 Å². The van der Waals surface area contributed by atoms with Crippen LogP contribution in [-0.4, -0.2) is 26.0 Å². The maximum Gasteiger partial charge on any atom is 0.324 e. The van der Waals surface area contributed by atoms with Gasteiger partial charge in [0.05, 0.1) is 11.4 Å². The molecule has 8 heteroatoms. The van der Waals surface area contributed by atoms with Crippen LogP contribution in [0.2, 0.25) is 0 Å². The fourth-order valence-electron chi connectivity index (χ4n) is 1.80. The SMILES string of the molecule is Cc1ccc(S(=O)(=O)N(CC(=O)O)c2ccccc2N)s1. The predicted molar refractivity (Wildman–Crippen MR) is 82.1 cm³/mol. The zero-order valence-corrected chi connectivity index (χ0v) is 12.8. The fourth-order valence-corrected chi connectivity index (χ4v) is 4.63. The van der Waals surface area contributed by atoms with Crippen molar-refractivity contribution in [2.24, 2.45) is 0 Å². The first-order valence-corrected chi connectivity index (χ1v) is 8.23. The maximum atomic E-state index is 12.7. The van der Waals surface area contributed by atoms with Gasteiger partial charge in [-0.15, -0.1) is 11.3 Å². The van der Waals surface area contributed by atoms with Crippen LogP contribution in [0.25, 0.3) is 0 Å². The molecular weight excluding hydrogens is 312 g/mol. The van der Waals surface area contributed by atoms with E-state index in [1.54, 1.807) is 25.1 Å². The highest BCUT2D eigenvalue weighted by molar-refractivity contribution is 7.94. The summed E-state index contributed by atoms with van der Waals surface area (Å²) in [5, 5.41) is 9.01. The maximum absolute atomic E-state index is 12.7. The van der Waals surface area contributed by atoms with E-state index in [9.17, 15) is 13.2 Å². The number of para-hydroxylation sites is 2. The van der Waals surface area contributed by atoms with Crippen LogP contribution in [0.15, 0.2) is 40.6 Å². The first-order chi connectivity index (χ1) is 9.82. The molecule has 112 valence electrons. The minimum Gasteiger partial charge on any atom is -0.480 e. The number of hydrogen-bond donors (Lipinski definition) is 2. The van der Waals surface area contributed by atoms with E-state index in [0.29, 0.717) is 0 Å². The van der Waals surface area contributed by atoms with Gasteiger partial charge in [-0.25, -0.2) is 8.42 Å². The van der Waals surface area contributed by atoms with E-state index in [-0.39, 0.29) is 15.6 Å². The lowest BCUT2D eigenvalue weighted by molar-refractivity contribution is -0.135. The van der Waals surface area contributed by atoms with E-state index in [1.165, 1.54) is 18.2 Å². The van der Waals surface area contributed by atoms with Gasteiger partial charge in [-0.1, -0.05) is 12.1 Å². The number of carboxylic acids is 1. The van der Waals surface area contributed by atoms with E-state index < -0.39 is 22.5 Å².